The number of nitrogens with one attached hydrogen (secondary N) is 2. The van der Waals surface area contributed by atoms with Crippen LogP contribution in [0.1, 0.15) is 15.5 Å². The van der Waals surface area contributed by atoms with E-state index in [2.05, 4.69) is 25.3 Å². The molecule has 2 aromatic heterocycles. The Bertz CT molecular complexity index is 948. The average molecular weight is 394 g/mol. The molecule has 2 N–H and O–H groups in total. The molecule has 27 heavy (non-hydrogen) atoms. The molecule has 1 amide bonds. The molecular weight excluding hydrogens is 381 g/mol. The molecule has 0 saturated carbocycles. The number of aromatic nitrogens is 2. The van der Waals surface area contributed by atoms with Crippen LogP contribution in [0.2, 0.25) is 0 Å². The zero-order valence-electron chi connectivity index (χ0n) is 13.9. The molecule has 0 radical (unpaired) electrons. The number of thiazole rings is 1. The number of hydrogen-bond acceptors (Lipinski definition) is 6. The summed E-state index contributed by atoms with van der Waals surface area (Å²) in [6.45, 7) is -1.21. The highest BCUT2D eigenvalue weighted by Crippen LogP contribution is 2.30. The number of ether oxygens (including phenoxy) is 1. The summed E-state index contributed by atoms with van der Waals surface area (Å²) in [6, 6.07) is 8.44. The van der Waals surface area contributed by atoms with E-state index in [0.29, 0.717) is 15.7 Å². The lowest BCUT2D eigenvalue weighted by atomic mass is 10.3. The fourth-order valence-corrected chi connectivity index (χ4v) is 3.01. The van der Waals surface area contributed by atoms with Gasteiger partial charge in [-0.25, -0.2) is 14.4 Å². The molecule has 6 nitrogen and oxygen atoms in total. The van der Waals surface area contributed by atoms with E-state index in [-0.39, 0.29) is 17.3 Å². The summed E-state index contributed by atoms with van der Waals surface area (Å²) in [7, 11) is 0. The topological polar surface area (TPSA) is 76.1 Å². The largest absolute Gasteiger partial charge is 0.435 e. The number of hydrogen-bond donors (Lipinski definition) is 2. The molecule has 0 fully saturated rings. The first-order valence-electron chi connectivity index (χ1n) is 7.63. The molecule has 0 unspecified atom stereocenters. The second-order valence-electron chi connectivity index (χ2n) is 5.26. The monoisotopic (exact) mass is 394 g/mol. The van der Waals surface area contributed by atoms with Gasteiger partial charge in [0.1, 0.15) is 22.4 Å². The van der Waals surface area contributed by atoms with Crippen LogP contribution < -0.4 is 15.4 Å². The number of alkyl halides is 2. The van der Waals surface area contributed by atoms with Crippen molar-refractivity contribution in [2.45, 2.75) is 13.5 Å². The highest BCUT2D eigenvalue weighted by Gasteiger charge is 2.18. The van der Waals surface area contributed by atoms with Gasteiger partial charge in [0.25, 0.3) is 5.91 Å². The van der Waals surface area contributed by atoms with Gasteiger partial charge in [-0.3, -0.25) is 4.79 Å². The third-order valence-corrected chi connectivity index (χ3v) is 4.12. The predicted molar refractivity (Wildman–Crippen MR) is 95.4 cm³/mol. The van der Waals surface area contributed by atoms with Gasteiger partial charge in [0.2, 0.25) is 0 Å². The van der Waals surface area contributed by atoms with Crippen molar-refractivity contribution in [3.05, 3.63) is 59.1 Å². The Morgan fingerprint density at radius 1 is 1.26 bits per heavy atom. The van der Waals surface area contributed by atoms with Gasteiger partial charge in [0.15, 0.2) is 5.69 Å². The van der Waals surface area contributed by atoms with E-state index in [0.717, 1.165) is 6.20 Å². The normalized spacial score (nSPS) is 10.7. The van der Waals surface area contributed by atoms with Crippen LogP contribution >= 0.6 is 11.3 Å². The molecule has 140 valence electrons. The quantitative estimate of drug-likeness (QED) is 0.640. The molecule has 0 aliphatic rings. The van der Waals surface area contributed by atoms with Crippen molar-refractivity contribution in [2.75, 3.05) is 10.6 Å². The number of anilines is 3. The highest BCUT2D eigenvalue weighted by atomic mass is 32.1. The van der Waals surface area contributed by atoms with E-state index in [1.54, 1.807) is 13.0 Å². The van der Waals surface area contributed by atoms with E-state index in [9.17, 15) is 18.0 Å². The summed E-state index contributed by atoms with van der Waals surface area (Å²) in [5.74, 6) is -0.908. The van der Waals surface area contributed by atoms with Crippen LogP contribution in [0.4, 0.5) is 29.7 Å². The standard InChI is InChI=1S/C17H13F3N4O2S/c1-9-22-14(15(25)24-13-6-5-10(18)8-21-13)16(27-9)23-11-3-2-4-12(7-11)26-17(19)20/h2-8,17,23H,1H3,(H,21,24,25). The maximum atomic E-state index is 12.9. The van der Waals surface area contributed by atoms with Gasteiger partial charge in [-0.05, 0) is 31.2 Å². The van der Waals surface area contributed by atoms with Crippen LogP contribution in [0.3, 0.4) is 0 Å². The first-order chi connectivity index (χ1) is 12.9. The van der Waals surface area contributed by atoms with Crippen LogP contribution in [0.5, 0.6) is 5.75 Å². The van der Waals surface area contributed by atoms with Gasteiger partial charge in [0.05, 0.1) is 11.2 Å². The first kappa shape index (κ1) is 18.6. The number of pyridine rings is 1. The smallest absolute Gasteiger partial charge is 0.387 e. The molecule has 1 aromatic carbocycles. The minimum absolute atomic E-state index is 0.0160. The lowest BCUT2D eigenvalue weighted by Crippen LogP contribution is -2.15. The van der Waals surface area contributed by atoms with Gasteiger partial charge in [-0.1, -0.05) is 6.07 Å². The fraction of sp³-hybridized carbons (Fsp3) is 0.118. The molecule has 0 aliphatic carbocycles. The number of rotatable bonds is 6. The van der Waals surface area contributed by atoms with Crippen molar-refractivity contribution in [3.63, 3.8) is 0 Å². The Labute approximate surface area is 156 Å². The van der Waals surface area contributed by atoms with Crippen molar-refractivity contribution >= 4 is 33.8 Å². The maximum Gasteiger partial charge on any atom is 0.387 e. The highest BCUT2D eigenvalue weighted by molar-refractivity contribution is 7.16. The summed E-state index contributed by atoms with van der Waals surface area (Å²) in [5.41, 5.74) is 0.551. The molecule has 2 heterocycles. The lowest BCUT2D eigenvalue weighted by molar-refractivity contribution is -0.0498. The number of halogens is 3. The van der Waals surface area contributed by atoms with Gasteiger partial charge in [-0.2, -0.15) is 8.78 Å². The third-order valence-electron chi connectivity index (χ3n) is 3.24. The summed E-state index contributed by atoms with van der Waals surface area (Å²) in [6.07, 6.45) is 0.982. The van der Waals surface area contributed by atoms with Crippen LogP contribution in [-0.4, -0.2) is 22.5 Å². The fourth-order valence-electron chi connectivity index (χ4n) is 2.17. The average Bonchev–Trinajstić information content (AvgIpc) is 2.97. The lowest BCUT2D eigenvalue weighted by Gasteiger charge is -2.09. The number of benzene rings is 1. The Morgan fingerprint density at radius 2 is 2.07 bits per heavy atom. The molecule has 3 aromatic rings. The zero-order chi connectivity index (χ0) is 19.4. The summed E-state index contributed by atoms with van der Waals surface area (Å²) < 4.78 is 42.0. The number of aryl methyl sites for hydroxylation is 1. The van der Waals surface area contributed by atoms with Gasteiger partial charge < -0.3 is 15.4 Å². The minimum Gasteiger partial charge on any atom is -0.435 e. The molecule has 0 aliphatic heterocycles. The maximum absolute atomic E-state index is 12.9. The third kappa shape index (κ3) is 4.94. The number of nitrogens with zero attached hydrogens (tertiary/aromatic N) is 2. The molecule has 0 atom stereocenters. The van der Waals surface area contributed by atoms with Crippen molar-refractivity contribution in [2.24, 2.45) is 0 Å². The molecule has 10 heteroatoms. The predicted octanol–water partition coefficient (Wildman–Crippen LogP) is 4.58. The minimum atomic E-state index is -2.93. The van der Waals surface area contributed by atoms with Gasteiger partial charge in [0, 0.05) is 11.8 Å². The number of amides is 1. The second-order valence-corrected chi connectivity index (χ2v) is 6.46. The molecule has 0 saturated heterocycles. The van der Waals surface area contributed by atoms with Crippen LogP contribution in [-0.2, 0) is 0 Å². The van der Waals surface area contributed by atoms with Crippen LogP contribution in [0.25, 0.3) is 0 Å². The van der Waals surface area contributed by atoms with Crippen molar-refractivity contribution < 1.29 is 22.7 Å². The van der Waals surface area contributed by atoms with Gasteiger partial charge >= 0.3 is 6.61 Å². The Balaban J connectivity index is 1.79. The molecule has 3 rings (SSSR count). The zero-order valence-corrected chi connectivity index (χ0v) is 14.7. The van der Waals surface area contributed by atoms with E-state index in [1.807, 2.05) is 0 Å². The molecular formula is C17H13F3N4O2S. The van der Waals surface area contributed by atoms with E-state index >= 15 is 0 Å². The SMILES string of the molecule is Cc1nc(C(=O)Nc2ccc(F)cn2)c(Nc2cccc(OC(F)F)c2)s1. The number of carbonyl (C=O) groups excluding carboxylic acids is 1. The second kappa shape index (κ2) is 8.04. The Morgan fingerprint density at radius 3 is 2.78 bits per heavy atom. The van der Waals surface area contributed by atoms with E-state index in [1.165, 1.54) is 41.7 Å². The molecule has 0 spiro atoms. The summed E-state index contributed by atoms with van der Waals surface area (Å²) in [5, 5.41) is 6.54. The van der Waals surface area contributed by atoms with Gasteiger partial charge in [-0.15, -0.1) is 11.3 Å². The van der Waals surface area contributed by atoms with Crippen molar-refractivity contribution in [1.29, 1.82) is 0 Å². The summed E-state index contributed by atoms with van der Waals surface area (Å²) >= 11 is 1.22. The van der Waals surface area contributed by atoms with E-state index in [4.69, 9.17) is 0 Å². The van der Waals surface area contributed by atoms with Crippen LogP contribution in [0, 0.1) is 12.7 Å². The van der Waals surface area contributed by atoms with Crippen molar-refractivity contribution in [1.82, 2.24) is 9.97 Å². The molecule has 0 bridgehead atoms. The first-order valence-corrected chi connectivity index (χ1v) is 8.44. The summed E-state index contributed by atoms with van der Waals surface area (Å²) in [4.78, 5) is 20.4. The Hall–Kier alpha value is -3.14. The number of carbonyl (C=O) groups is 1. The van der Waals surface area contributed by atoms with Crippen molar-refractivity contribution in [3.8, 4) is 5.75 Å². The van der Waals surface area contributed by atoms with Crippen LogP contribution in [0.15, 0.2) is 42.6 Å². The Kier molecular flexibility index (Phi) is 5.55. The van der Waals surface area contributed by atoms with E-state index < -0.39 is 18.3 Å².